The number of urea groups is 1. The van der Waals surface area contributed by atoms with E-state index in [1.54, 1.807) is 6.92 Å². The van der Waals surface area contributed by atoms with Gasteiger partial charge in [0.05, 0.1) is 0 Å². The normalized spacial score (nSPS) is 11.7. The van der Waals surface area contributed by atoms with E-state index in [1.807, 2.05) is 6.92 Å². The zero-order valence-corrected chi connectivity index (χ0v) is 10.8. The highest BCUT2D eigenvalue weighted by Gasteiger charge is 2.22. The number of nitrogens with two attached hydrogens (primary N) is 1. The van der Waals surface area contributed by atoms with Gasteiger partial charge in [0.2, 0.25) is 5.91 Å². The fourth-order valence-electron chi connectivity index (χ4n) is 1.37. The van der Waals surface area contributed by atoms with Crippen molar-refractivity contribution in [3.8, 4) is 0 Å². The second-order valence-corrected chi connectivity index (χ2v) is 3.99. The maximum absolute atomic E-state index is 11.8. The van der Waals surface area contributed by atoms with Crippen molar-refractivity contribution in [3.05, 3.63) is 0 Å². The third-order valence-electron chi connectivity index (χ3n) is 2.42. The van der Waals surface area contributed by atoms with Crippen LogP contribution < -0.4 is 11.1 Å². The number of carboxylic acid groups (broad SMARTS) is 1. The highest BCUT2D eigenvalue weighted by Crippen LogP contribution is 1.98. The van der Waals surface area contributed by atoms with Crippen LogP contribution in [0.2, 0.25) is 0 Å². The number of nitrogens with zero attached hydrogens (tertiary/aromatic N) is 1. The summed E-state index contributed by atoms with van der Waals surface area (Å²) in [7, 11) is 0. The number of primary amides is 1. The van der Waals surface area contributed by atoms with Crippen LogP contribution >= 0.6 is 0 Å². The number of amides is 3. The van der Waals surface area contributed by atoms with Gasteiger partial charge in [-0.3, -0.25) is 4.79 Å². The lowest BCUT2D eigenvalue weighted by molar-refractivity contribution is -0.139. The Morgan fingerprint density at radius 1 is 1.33 bits per heavy atom. The number of hydrogen-bond donors (Lipinski definition) is 3. The first kappa shape index (κ1) is 16.2. The summed E-state index contributed by atoms with van der Waals surface area (Å²) in [6, 6.07) is -1.52. The van der Waals surface area contributed by atoms with Crippen molar-refractivity contribution in [2.75, 3.05) is 13.1 Å². The summed E-state index contributed by atoms with van der Waals surface area (Å²) in [5.41, 5.74) is 5.05. The number of carboxylic acids is 1. The first-order valence-electron chi connectivity index (χ1n) is 5.98. The Morgan fingerprint density at radius 2 is 1.94 bits per heavy atom. The molecule has 0 aromatic rings. The third kappa shape index (κ3) is 6.07. The number of aliphatic carboxylic acids is 1. The molecule has 0 fully saturated rings. The molecule has 0 heterocycles. The smallest absolute Gasteiger partial charge is 0.326 e. The number of carbonyl (C=O) groups is 3. The van der Waals surface area contributed by atoms with E-state index in [4.69, 9.17) is 10.8 Å². The number of hydrogen-bond acceptors (Lipinski definition) is 3. The Morgan fingerprint density at radius 3 is 2.33 bits per heavy atom. The van der Waals surface area contributed by atoms with E-state index in [-0.39, 0.29) is 13.0 Å². The van der Waals surface area contributed by atoms with Crippen LogP contribution in [-0.4, -0.2) is 47.0 Å². The van der Waals surface area contributed by atoms with Crippen LogP contribution in [0, 0.1) is 0 Å². The van der Waals surface area contributed by atoms with E-state index in [9.17, 15) is 14.4 Å². The van der Waals surface area contributed by atoms with Crippen molar-refractivity contribution < 1.29 is 19.5 Å². The van der Waals surface area contributed by atoms with Crippen LogP contribution in [0.25, 0.3) is 0 Å². The van der Waals surface area contributed by atoms with E-state index < -0.39 is 23.9 Å². The SMILES string of the molecule is CCCCN(CC(N)=O)C(=O)N[C@@H](CC)C(=O)O. The number of unbranched alkanes of at least 4 members (excludes halogenated alkanes) is 1. The molecule has 0 rings (SSSR count). The van der Waals surface area contributed by atoms with Crippen LogP contribution in [0.15, 0.2) is 0 Å². The van der Waals surface area contributed by atoms with Gasteiger partial charge in [0.1, 0.15) is 12.6 Å². The molecule has 3 amide bonds. The Labute approximate surface area is 106 Å². The van der Waals surface area contributed by atoms with Crippen molar-refractivity contribution in [3.63, 3.8) is 0 Å². The fourth-order valence-corrected chi connectivity index (χ4v) is 1.37. The molecular weight excluding hydrogens is 238 g/mol. The van der Waals surface area contributed by atoms with Gasteiger partial charge < -0.3 is 21.1 Å². The molecule has 0 saturated carbocycles. The molecule has 0 aliphatic carbocycles. The predicted molar refractivity (Wildman–Crippen MR) is 65.9 cm³/mol. The first-order valence-corrected chi connectivity index (χ1v) is 5.98. The van der Waals surface area contributed by atoms with E-state index in [1.165, 1.54) is 4.90 Å². The average Bonchev–Trinajstić information content (AvgIpc) is 2.30. The van der Waals surface area contributed by atoms with Gasteiger partial charge in [-0.05, 0) is 12.8 Å². The molecule has 7 nitrogen and oxygen atoms in total. The minimum atomic E-state index is -1.10. The maximum Gasteiger partial charge on any atom is 0.326 e. The summed E-state index contributed by atoms with van der Waals surface area (Å²) >= 11 is 0. The van der Waals surface area contributed by atoms with Gasteiger partial charge >= 0.3 is 12.0 Å². The molecule has 0 unspecified atom stereocenters. The second kappa shape index (κ2) is 8.32. The average molecular weight is 259 g/mol. The van der Waals surface area contributed by atoms with Crippen molar-refractivity contribution >= 4 is 17.9 Å². The molecule has 0 aliphatic heterocycles. The monoisotopic (exact) mass is 259 g/mol. The summed E-state index contributed by atoms with van der Waals surface area (Å²) in [5, 5.41) is 11.2. The standard InChI is InChI=1S/C11H21N3O4/c1-3-5-6-14(7-9(12)15)11(18)13-8(4-2)10(16)17/h8H,3-7H2,1-2H3,(H2,12,15)(H,13,18)(H,16,17)/t8-/m0/s1. The molecule has 7 heteroatoms. The Balaban J connectivity index is 4.52. The van der Waals surface area contributed by atoms with E-state index >= 15 is 0 Å². The van der Waals surface area contributed by atoms with Gasteiger partial charge in [-0.15, -0.1) is 0 Å². The lowest BCUT2D eigenvalue weighted by Crippen LogP contribution is -2.50. The summed E-state index contributed by atoms with van der Waals surface area (Å²) in [5.74, 6) is -1.72. The van der Waals surface area contributed by atoms with Gasteiger partial charge in [-0.25, -0.2) is 9.59 Å². The minimum absolute atomic E-state index is 0.206. The lowest BCUT2D eigenvalue weighted by Gasteiger charge is -2.23. The quantitative estimate of drug-likeness (QED) is 0.575. The van der Waals surface area contributed by atoms with Crippen molar-refractivity contribution in [1.82, 2.24) is 10.2 Å². The molecular formula is C11H21N3O4. The van der Waals surface area contributed by atoms with Gasteiger partial charge in [0, 0.05) is 6.54 Å². The zero-order chi connectivity index (χ0) is 14.1. The van der Waals surface area contributed by atoms with Crippen LogP contribution in [0.5, 0.6) is 0 Å². The topological polar surface area (TPSA) is 113 Å². The molecule has 0 radical (unpaired) electrons. The van der Waals surface area contributed by atoms with Gasteiger partial charge in [-0.2, -0.15) is 0 Å². The molecule has 0 saturated heterocycles. The van der Waals surface area contributed by atoms with Gasteiger partial charge in [-0.1, -0.05) is 20.3 Å². The fraction of sp³-hybridized carbons (Fsp3) is 0.727. The lowest BCUT2D eigenvalue weighted by atomic mass is 10.2. The van der Waals surface area contributed by atoms with Crippen LogP contribution in [-0.2, 0) is 9.59 Å². The summed E-state index contributed by atoms with van der Waals surface area (Å²) < 4.78 is 0. The number of nitrogens with one attached hydrogen (secondary N) is 1. The molecule has 104 valence electrons. The van der Waals surface area contributed by atoms with Crippen molar-refractivity contribution in [2.45, 2.75) is 39.2 Å². The maximum atomic E-state index is 11.8. The molecule has 0 aliphatic rings. The first-order chi connectivity index (χ1) is 8.42. The number of rotatable bonds is 8. The van der Waals surface area contributed by atoms with Crippen LogP contribution in [0.1, 0.15) is 33.1 Å². The van der Waals surface area contributed by atoms with Crippen molar-refractivity contribution in [1.29, 1.82) is 0 Å². The van der Waals surface area contributed by atoms with Crippen LogP contribution in [0.4, 0.5) is 4.79 Å². The Kier molecular flexibility index (Phi) is 7.50. The second-order valence-electron chi connectivity index (χ2n) is 3.99. The van der Waals surface area contributed by atoms with Gasteiger partial charge in [0.25, 0.3) is 0 Å². The molecule has 4 N–H and O–H groups in total. The molecule has 0 spiro atoms. The van der Waals surface area contributed by atoms with Crippen LogP contribution in [0.3, 0.4) is 0 Å². The summed E-state index contributed by atoms with van der Waals surface area (Å²) in [4.78, 5) is 34.7. The Hall–Kier alpha value is -1.79. The predicted octanol–water partition coefficient (Wildman–Crippen LogP) is 0.147. The molecule has 0 aromatic heterocycles. The molecule has 0 bridgehead atoms. The zero-order valence-electron chi connectivity index (χ0n) is 10.8. The summed E-state index contributed by atoms with van der Waals surface area (Å²) in [6.45, 7) is 3.78. The molecule has 0 aromatic carbocycles. The Bertz CT molecular complexity index is 307. The largest absolute Gasteiger partial charge is 0.480 e. The van der Waals surface area contributed by atoms with Crippen molar-refractivity contribution in [2.24, 2.45) is 5.73 Å². The molecule has 1 atom stereocenters. The molecule has 18 heavy (non-hydrogen) atoms. The van der Waals surface area contributed by atoms with Gasteiger partial charge in [0.15, 0.2) is 0 Å². The van der Waals surface area contributed by atoms with E-state index in [0.717, 1.165) is 12.8 Å². The number of carbonyl (C=O) groups excluding carboxylic acids is 2. The minimum Gasteiger partial charge on any atom is -0.480 e. The summed E-state index contributed by atoms with van der Waals surface area (Å²) in [6.07, 6.45) is 1.86. The van der Waals surface area contributed by atoms with E-state index in [0.29, 0.717) is 6.54 Å². The highest BCUT2D eigenvalue weighted by atomic mass is 16.4. The third-order valence-corrected chi connectivity index (χ3v) is 2.42. The highest BCUT2D eigenvalue weighted by molar-refractivity contribution is 5.86. The van der Waals surface area contributed by atoms with E-state index in [2.05, 4.69) is 5.32 Å².